The van der Waals surface area contributed by atoms with E-state index in [1.54, 1.807) is 12.1 Å². The SMILES string of the molecule is CCOc1cc(CNCC(=O)O)cc(Cl)c1OCC(=O)Nc1ccc(C)cc1. The van der Waals surface area contributed by atoms with Crippen molar-refractivity contribution in [3.05, 3.63) is 52.5 Å². The molecule has 0 bridgehead atoms. The molecule has 150 valence electrons. The standard InChI is InChI=1S/C20H23ClN2O5/c1-3-27-17-9-14(10-22-11-19(25)26)8-16(21)20(17)28-12-18(24)23-15-6-4-13(2)5-7-15/h4-9,22H,3,10-12H2,1-2H3,(H,23,24)(H,25,26). The molecule has 3 N–H and O–H groups in total. The normalized spacial score (nSPS) is 10.4. The zero-order valence-electron chi connectivity index (χ0n) is 15.8. The number of rotatable bonds is 10. The van der Waals surface area contributed by atoms with Crippen molar-refractivity contribution in [2.24, 2.45) is 0 Å². The third kappa shape index (κ3) is 6.75. The second-order valence-electron chi connectivity index (χ2n) is 6.04. The van der Waals surface area contributed by atoms with Crippen molar-refractivity contribution < 1.29 is 24.2 Å². The van der Waals surface area contributed by atoms with Crippen LogP contribution in [0.2, 0.25) is 5.02 Å². The third-order valence-electron chi connectivity index (χ3n) is 3.66. The second-order valence-corrected chi connectivity index (χ2v) is 6.45. The number of amides is 1. The summed E-state index contributed by atoms with van der Waals surface area (Å²) >= 11 is 6.29. The van der Waals surface area contributed by atoms with Gasteiger partial charge in [-0.25, -0.2) is 0 Å². The van der Waals surface area contributed by atoms with E-state index in [1.165, 1.54) is 0 Å². The zero-order valence-corrected chi connectivity index (χ0v) is 16.5. The minimum atomic E-state index is -0.948. The van der Waals surface area contributed by atoms with Gasteiger partial charge in [-0.1, -0.05) is 29.3 Å². The van der Waals surface area contributed by atoms with Crippen LogP contribution in [0.4, 0.5) is 5.69 Å². The van der Waals surface area contributed by atoms with E-state index in [4.69, 9.17) is 26.2 Å². The lowest BCUT2D eigenvalue weighted by Gasteiger charge is -2.15. The molecule has 0 unspecified atom stereocenters. The van der Waals surface area contributed by atoms with E-state index in [0.717, 1.165) is 11.1 Å². The van der Waals surface area contributed by atoms with Crippen LogP contribution in [-0.4, -0.2) is 36.7 Å². The average Bonchev–Trinajstić information content (AvgIpc) is 2.63. The van der Waals surface area contributed by atoms with Gasteiger partial charge in [-0.3, -0.25) is 9.59 Å². The van der Waals surface area contributed by atoms with Crippen LogP contribution in [0.3, 0.4) is 0 Å². The number of nitrogens with one attached hydrogen (secondary N) is 2. The fraction of sp³-hybridized carbons (Fsp3) is 0.300. The summed E-state index contributed by atoms with van der Waals surface area (Å²) in [6.45, 7) is 4.07. The summed E-state index contributed by atoms with van der Waals surface area (Å²) in [6.07, 6.45) is 0. The Morgan fingerprint density at radius 1 is 1.14 bits per heavy atom. The predicted molar refractivity (Wildman–Crippen MR) is 107 cm³/mol. The molecule has 28 heavy (non-hydrogen) atoms. The number of carbonyl (C=O) groups is 2. The minimum Gasteiger partial charge on any atom is -0.490 e. The fourth-order valence-corrected chi connectivity index (χ4v) is 2.70. The van der Waals surface area contributed by atoms with E-state index < -0.39 is 5.97 Å². The van der Waals surface area contributed by atoms with Crippen LogP contribution in [0.25, 0.3) is 0 Å². The van der Waals surface area contributed by atoms with Gasteiger partial charge >= 0.3 is 5.97 Å². The molecule has 0 aliphatic rings. The maximum atomic E-state index is 12.1. The van der Waals surface area contributed by atoms with Crippen LogP contribution in [0.15, 0.2) is 36.4 Å². The molecule has 1 amide bonds. The Kier molecular flexibility index (Phi) is 8.10. The molecule has 0 fully saturated rings. The Labute approximate surface area is 168 Å². The summed E-state index contributed by atoms with van der Waals surface area (Å²) in [7, 11) is 0. The van der Waals surface area contributed by atoms with Crippen molar-refractivity contribution in [2.45, 2.75) is 20.4 Å². The quantitative estimate of drug-likeness (QED) is 0.560. The molecular formula is C20H23ClN2O5. The van der Waals surface area contributed by atoms with Gasteiger partial charge < -0.3 is 25.2 Å². The van der Waals surface area contributed by atoms with Gasteiger partial charge in [0.25, 0.3) is 5.91 Å². The van der Waals surface area contributed by atoms with Gasteiger partial charge in [0.05, 0.1) is 18.2 Å². The van der Waals surface area contributed by atoms with Crippen molar-refractivity contribution in [3.8, 4) is 11.5 Å². The van der Waals surface area contributed by atoms with Crippen LogP contribution < -0.4 is 20.1 Å². The Morgan fingerprint density at radius 3 is 2.50 bits per heavy atom. The van der Waals surface area contributed by atoms with E-state index in [2.05, 4.69) is 10.6 Å². The molecule has 8 heteroatoms. The zero-order chi connectivity index (χ0) is 20.5. The van der Waals surface area contributed by atoms with Crippen LogP contribution in [0.5, 0.6) is 11.5 Å². The Hall–Kier alpha value is -2.77. The van der Waals surface area contributed by atoms with Gasteiger partial charge in [-0.15, -0.1) is 0 Å². The number of aliphatic carboxylic acids is 1. The van der Waals surface area contributed by atoms with E-state index >= 15 is 0 Å². The number of benzene rings is 2. The summed E-state index contributed by atoms with van der Waals surface area (Å²) in [5.74, 6) is -0.611. The molecule has 0 spiro atoms. The number of carbonyl (C=O) groups excluding carboxylic acids is 1. The molecule has 0 saturated heterocycles. The van der Waals surface area contributed by atoms with Crippen LogP contribution in [0, 0.1) is 6.92 Å². The second kappa shape index (κ2) is 10.5. The molecule has 7 nitrogen and oxygen atoms in total. The first-order valence-electron chi connectivity index (χ1n) is 8.76. The van der Waals surface area contributed by atoms with Crippen LogP contribution in [-0.2, 0) is 16.1 Å². The maximum Gasteiger partial charge on any atom is 0.317 e. The highest BCUT2D eigenvalue weighted by atomic mass is 35.5. The van der Waals surface area contributed by atoms with Crippen molar-refractivity contribution in [1.29, 1.82) is 0 Å². The number of anilines is 1. The van der Waals surface area contributed by atoms with Gasteiger partial charge in [0.1, 0.15) is 0 Å². The van der Waals surface area contributed by atoms with Crippen molar-refractivity contribution in [3.63, 3.8) is 0 Å². The number of halogens is 1. The van der Waals surface area contributed by atoms with Crippen LogP contribution >= 0.6 is 11.6 Å². The summed E-state index contributed by atoms with van der Waals surface area (Å²) in [5.41, 5.74) is 2.52. The molecule has 0 aliphatic heterocycles. The molecule has 0 saturated carbocycles. The number of carboxylic acid groups (broad SMARTS) is 1. The molecule has 0 radical (unpaired) electrons. The van der Waals surface area contributed by atoms with Crippen molar-refractivity contribution in [2.75, 3.05) is 25.1 Å². The first kappa shape index (κ1) is 21.5. The smallest absolute Gasteiger partial charge is 0.317 e. The summed E-state index contributed by atoms with van der Waals surface area (Å²) < 4.78 is 11.2. The topological polar surface area (TPSA) is 96.9 Å². The van der Waals surface area contributed by atoms with Gasteiger partial charge in [0, 0.05) is 12.2 Å². The van der Waals surface area contributed by atoms with E-state index in [9.17, 15) is 9.59 Å². The lowest BCUT2D eigenvalue weighted by Crippen LogP contribution is -2.22. The highest BCUT2D eigenvalue weighted by molar-refractivity contribution is 6.32. The molecule has 2 aromatic rings. The molecule has 0 heterocycles. The molecule has 2 rings (SSSR count). The average molecular weight is 407 g/mol. The Morgan fingerprint density at radius 2 is 1.86 bits per heavy atom. The Bertz CT molecular complexity index is 824. The highest BCUT2D eigenvalue weighted by Gasteiger charge is 2.15. The summed E-state index contributed by atoms with van der Waals surface area (Å²) in [5, 5.41) is 14.5. The lowest BCUT2D eigenvalue weighted by atomic mass is 10.2. The largest absolute Gasteiger partial charge is 0.490 e. The number of carboxylic acids is 1. The molecule has 0 atom stereocenters. The fourth-order valence-electron chi connectivity index (χ4n) is 2.41. The number of ether oxygens (including phenoxy) is 2. The van der Waals surface area contributed by atoms with Gasteiger partial charge in [-0.2, -0.15) is 0 Å². The van der Waals surface area contributed by atoms with Gasteiger partial charge in [0.2, 0.25) is 0 Å². The van der Waals surface area contributed by atoms with Gasteiger partial charge in [0.15, 0.2) is 18.1 Å². The van der Waals surface area contributed by atoms with Gasteiger partial charge in [-0.05, 0) is 43.7 Å². The van der Waals surface area contributed by atoms with E-state index in [0.29, 0.717) is 24.6 Å². The highest BCUT2D eigenvalue weighted by Crippen LogP contribution is 2.36. The van der Waals surface area contributed by atoms with Crippen molar-refractivity contribution >= 4 is 29.2 Å². The predicted octanol–water partition coefficient (Wildman–Crippen LogP) is 3.24. The molecule has 2 aromatic carbocycles. The maximum absolute atomic E-state index is 12.1. The van der Waals surface area contributed by atoms with E-state index in [1.807, 2.05) is 38.1 Å². The summed E-state index contributed by atoms with van der Waals surface area (Å²) in [4.78, 5) is 22.7. The lowest BCUT2D eigenvalue weighted by molar-refractivity contribution is -0.136. The van der Waals surface area contributed by atoms with Crippen molar-refractivity contribution in [1.82, 2.24) is 5.32 Å². The first-order chi connectivity index (χ1) is 13.4. The molecule has 0 aliphatic carbocycles. The first-order valence-corrected chi connectivity index (χ1v) is 9.14. The number of aryl methyl sites for hydroxylation is 1. The summed E-state index contributed by atoms with van der Waals surface area (Å²) in [6, 6.07) is 10.8. The number of hydrogen-bond donors (Lipinski definition) is 3. The molecular weight excluding hydrogens is 384 g/mol. The minimum absolute atomic E-state index is 0.168. The number of hydrogen-bond acceptors (Lipinski definition) is 5. The molecule has 0 aromatic heterocycles. The van der Waals surface area contributed by atoms with Crippen LogP contribution in [0.1, 0.15) is 18.1 Å². The third-order valence-corrected chi connectivity index (χ3v) is 3.94. The monoisotopic (exact) mass is 406 g/mol. The van der Waals surface area contributed by atoms with E-state index in [-0.39, 0.29) is 29.8 Å². The Balaban J connectivity index is 2.03.